The summed E-state index contributed by atoms with van der Waals surface area (Å²) in [7, 11) is 6.19. The van der Waals surface area contributed by atoms with Crippen LogP contribution in [-0.4, -0.2) is 31.4 Å². The van der Waals surface area contributed by atoms with E-state index in [1.165, 1.54) is 0 Å². The first-order valence-corrected chi connectivity index (χ1v) is 10.3. The standard InChI is InChI=1S/C24H25BO5/c1-16-12-24(13-19(26)28-14-17-8-4-2-5-9-17)21(20(16)22(25)30-24)23(27)29-15-18-10-6-3-7-11-18/h2-11,16,20-22H,12-15H2,1H3/t16-,20?,21?,22+,24+/m0/s1. The topological polar surface area (TPSA) is 61.8 Å². The van der Waals surface area contributed by atoms with Crippen LogP contribution in [0.15, 0.2) is 60.7 Å². The first kappa shape index (κ1) is 20.7. The molecule has 2 fully saturated rings. The SMILES string of the molecule is [B][C@@H]1O[C@@]2(CC(=O)OCc3ccccc3)C[C@H](C)C1C2C(=O)OCc1ccccc1. The maximum atomic E-state index is 13.0. The van der Waals surface area contributed by atoms with Crippen molar-refractivity contribution in [2.75, 3.05) is 0 Å². The van der Waals surface area contributed by atoms with Crippen LogP contribution in [0.2, 0.25) is 0 Å². The number of hydrogen-bond donors (Lipinski definition) is 0. The summed E-state index contributed by atoms with van der Waals surface area (Å²) in [6, 6.07) is 18.4. The van der Waals surface area contributed by atoms with Crippen molar-refractivity contribution in [1.29, 1.82) is 0 Å². The normalized spacial score (nSPS) is 29.5. The summed E-state index contributed by atoms with van der Waals surface area (Å²) in [5.74, 6) is -1.35. The van der Waals surface area contributed by atoms with Gasteiger partial charge in [0.1, 0.15) is 21.1 Å². The van der Waals surface area contributed by atoms with E-state index in [1.807, 2.05) is 67.6 Å². The minimum absolute atomic E-state index is 0.0144. The zero-order valence-electron chi connectivity index (χ0n) is 17.0. The molecule has 154 valence electrons. The van der Waals surface area contributed by atoms with Crippen molar-refractivity contribution < 1.29 is 23.8 Å². The van der Waals surface area contributed by atoms with E-state index in [4.69, 9.17) is 22.1 Å². The van der Waals surface area contributed by atoms with Gasteiger partial charge in [0.25, 0.3) is 0 Å². The smallest absolute Gasteiger partial charge is 0.312 e. The van der Waals surface area contributed by atoms with Crippen LogP contribution in [0.25, 0.3) is 0 Å². The molecule has 5 atom stereocenters. The molecule has 2 unspecified atom stereocenters. The Morgan fingerprint density at radius 3 is 2.13 bits per heavy atom. The van der Waals surface area contributed by atoms with Gasteiger partial charge in [0, 0.05) is 6.00 Å². The van der Waals surface area contributed by atoms with Gasteiger partial charge in [-0.15, -0.1) is 0 Å². The van der Waals surface area contributed by atoms with Crippen LogP contribution in [0.4, 0.5) is 0 Å². The van der Waals surface area contributed by atoms with E-state index < -0.39 is 23.5 Å². The lowest BCUT2D eigenvalue weighted by molar-refractivity contribution is -0.162. The van der Waals surface area contributed by atoms with Crippen molar-refractivity contribution in [3.63, 3.8) is 0 Å². The minimum atomic E-state index is -0.967. The average molecular weight is 404 g/mol. The third-order valence-corrected chi connectivity index (χ3v) is 6.19. The molecule has 2 aromatic carbocycles. The Hall–Kier alpha value is -2.60. The van der Waals surface area contributed by atoms with Gasteiger partial charge in [-0.25, -0.2) is 0 Å². The summed E-state index contributed by atoms with van der Waals surface area (Å²) in [6.45, 7) is 2.41. The summed E-state index contributed by atoms with van der Waals surface area (Å²) in [5, 5.41) is 0. The number of hydrogen-bond acceptors (Lipinski definition) is 5. The Morgan fingerprint density at radius 1 is 1.00 bits per heavy atom. The van der Waals surface area contributed by atoms with Gasteiger partial charge < -0.3 is 14.2 Å². The number of benzene rings is 2. The molecule has 0 amide bonds. The van der Waals surface area contributed by atoms with Crippen molar-refractivity contribution in [1.82, 2.24) is 0 Å². The van der Waals surface area contributed by atoms with Gasteiger partial charge in [-0.1, -0.05) is 67.6 Å². The first-order valence-electron chi connectivity index (χ1n) is 10.3. The Labute approximate surface area is 178 Å². The highest BCUT2D eigenvalue weighted by atomic mass is 16.6. The van der Waals surface area contributed by atoms with Gasteiger partial charge in [-0.2, -0.15) is 0 Å². The van der Waals surface area contributed by atoms with Crippen LogP contribution < -0.4 is 0 Å². The highest BCUT2D eigenvalue weighted by molar-refractivity contribution is 6.12. The van der Waals surface area contributed by atoms with Gasteiger partial charge in [-0.3, -0.25) is 9.59 Å². The Morgan fingerprint density at radius 2 is 1.57 bits per heavy atom. The van der Waals surface area contributed by atoms with E-state index in [0.717, 1.165) is 11.1 Å². The van der Waals surface area contributed by atoms with Gasteiger partial charge >= 0.3 is 11.9 Å². The molecule has 6 heteroatoms. The summed E-state index contributed by atoms with van der Waals surface area (Å²) in [4.78, 5) is 25.6. The van der Waals surface area contributed by atoms with Crippen LogP contribution >= 0.6 is 0 Å². The van der Waals surface area contributed by atoms with Crippen LogP contribution in [-0.2, 0) is 37.0 Å². The van der Waals surface area contributed by atoms with Crippen molar-refractivity contribution >= 4 is 19.8 Å². The molecule has 1 aliphatic heterocycles. The minimum Gasteiger partial charge on any atom is -0.461 e. The molecule has 30 heavy (non-hydrogen) atoms. The van der Waals surface area contributed by atoms with Crippen molar-refractivity contribution in [3.8, 4) is 0 Å². The fourth-order valence-electron chi connectivity index (χ4n) is 4.92. The molecular formula is C24H25BO5. The maximum absolute atomic E-state index is 13.0. The molecule has 4 rings (SSSR count). The number of fused-ring (bicyclic) bond motifs is 2. The summed E-state index contributed by atoms with van der Waals surface area (Å²) < 4.78 is 17.1. The quantitative estimate of drug-likeness (QED) is 0.523. The lowest BCUT2D eigenvalue weighted by Gasteiger charge is -2.32. The second-order valence-electron chi connectivity index (χ2n) is 8.30. The molecule has 5 nitrogen and oxygen atoms in total. The largest absolute Gasteiger partial charge is 0.461 e. The molecule has 0 spiro atoms. The van der Waals surface area contributed by atoms with Crippen LogP contribution in [0, 0.1) is 17.8 Å². The first-order chi connectivity index (χ1) is 14.5. The highest BCUT2D eigenvalue weighted by Crippen LogP contribution is 2.57. The number of carbonyl (C=O) groups excluding carboxylic acids is 2. The molecule has 0 N–H and O–H groups in total. The fraction of sp³-hybridized carbons (Fsp3) is 0.417. The third kappa shape index (κ3) is 4.15. The zero-order chi connectivity index (χ0) is 21.1. The molecule has 1 saturated carbocycles. The summed E-state index contributed by atoms with van der Waals surface area (Å²) >= 11 is 0. The van der Waals surface area contributed by atoms with E-state index in [2.05, 4.69) is 0 Å². The lowest BCUT2D eigenvalue weighted by Crippen LogP contribution is -2.41. The van der Waals surface area contributed by atoms with Crippen molar-refractivity contribution in [2.24, 2.45) is 17.8 Å². The summed E-state index contributed by atoms with van der Waals surface area (Å²) in [6.07, 6.45) is 0.566. The van der Waals surface area contributed by atoms with Gasteiger partial charge in [0.2, 0.25) is 0 Å². The zero-order valence-corrected chi connectivity index (χ0v) is 17.0. The Bertz CT molecular complexity index is 873. The molecule has 0 aromatic heterocycles. The highest BCUT2D eigenvalue weighted by Gasteiger charge is 2.65. The molecule has 2 aliphatic rings. The number of esters is 2. The van der Waals surface area contributed by atoms with E-state index in [0.29, 0.717) is 6.42 Å². The number of carbonyl (C=O) groups is 2. The molecule has 1 aliphatic carbocycles. The third-order valence-electron chi connectivity index (χ3n) is 6.19. The van der Waals surface area contributed by atoms with Gasteiger partial charge in [0.15, 0.2) is 0 Å². The molecule has 1 heterocycles. The maximum Gasteiger partial charge on any atom is 0.312 e. The van der Waals surface area contributed by atoms with Crippen LogP contribution in [0.3, 0.4) is 0 Å². The van der Waals surface area contributed by atoms with Crippen LogP contribution in [0.1, 0.15) is 30.9 Å². The second-order valence-corrected chi connectivity index (χ2v) is 8.30. The monoisotopic (exact) mass is 404 g/mol. The van der Waals surface area contributed by atoms with E-state index in [9.17, 15) is 9.59 Å². The van der Waals surface area contributed by atoms with E-state index in [-0.39, 0.29) is 37.4 Å². The number of ether oxygens (including phenoxy) is 3. The predicted molar refractivity (Wildman–Crippen MR) is 111 cm³/mol. The van der Waals surface area contributed by atoms with Crippen molar-refractivity contribution in [3.05, 3.63) is 71.8 Å². The Kier molecular flexibility index (Phi) is 5.95. The van der Waals surface area contributed by atoms with Crippen LogP contribution in [0.5, 0.6) is 0 Å². The van der Waals surface area contributed by atoms with Crippen molar-refractivity contribution in [2.45, 2.75) is 44.6 Å². The molecule has 2 aromatic rings. The molecular weight excluding hydrogens is 379 g/mol. The van der Waals surface area contributed by atoms with E-state index >= 15 is 0 Å². The van der Waals surface area contributed by atoms with Gasteiger partial charge in [0.05, 0.1) is 17.9 Å². The summed E-state index contributed by atoms with van der Waals surface area (Å²) in [5.41, 5.74) is 0.847. The number of rotatable bonds is 7. The molecule has 2 bridgehead atoms. The van der Waals surface area contributed by atoms with E-state index in [1.54, 1.807) is 0 Å². The fourth-order valence-corrected chi connectivity index (χ4v) is 4.92. The predicted octanol–water partition coefficient (Wildman–Crippen LogP) is 3.40. The average Bonchev–Trinajstić information content (AvgIpc) is 3.18. The Balaban J connectivity index is 1.43. The second kappa shape index (κ2) is 8.64. The molecule has 2 radical (unpaired) electrons. The molecule has 1 saturated heterocycles. The van der Waals surface area contributed by atoms with Gasteiger partial charge in [-0.05, 0) is 29.4 Å². The lowest BCUT2D eigenvalue weighted by atomic mass is 9.77.